The third-order valence-corrected chi connectivity index (χ3v) is 5.81. The highest BCUT2D eigenvalue weighted by Crippen LogP contribution is 2.22. The largest absolute Gasteiger partial charge is 0.353 e. The Balaban J connectivity index is 1.51. The van der Waals surface area contributed by atoms with Gasteiger partial charge in [0.05, 0.1) is 12.5 Å². The molecule has 2 fully saturated rings. The molecule has 0 bridgehead atoms. The van der Waals surface area contributed by atoms with Gasteiger partial charge in [0.2, 0.25) is 11.8 Å². The maximum atomic E-state index is 12.7. The smallest absolute Gasteiger partial charge is 0.343 e. The molecule has 1 atom stereocenters. The van der Waals surface area contributed by atoms with Crippen molar-refractivity contribution >= 4 is 11.8 Å². The number of likely N-dealkylation sites (tertiary alicyclic amines) is 1. The van der Waals surface area contributed by atoms with E-state index in [4.69, 9.17) is 0 Å². The van der Waals surface area contributed by atoms with Gasteiger partial charge in [0.15, 0.2) is 0 Å². The van der Waals surface area contributed by atoms with Crippen molar-refractivity contribution in [3.05, 3.63) is 16.3 Å². The summed E-state index contributed by atoms with van der Waals surface area (Å²) in [6, 6.07) is -0.350. The van der Waals surface area contributed by atoms with Crippen molar-refractivity contribution < 1.29 is 9.59 Å². The number of H-pyrrole nitrogens is 1. The molecule has 0 spiro atoms. The van der Waals surface area contributed by atoms with Crippen LogP contribution in [0.4, 0.5) is 0 Å². The predicted octanol–water partition coefficient (Wildman–Crippen LogP) is -0.417. The summed E-state index contributed by atoms with van der Waals surface area (Å²) in [5.41, 5.74) is -0.161. The first-order valence-corrected chi connectivity index (χ1v) is 9.97. The molecule has 2 aliphatic heterocycles. The van der Waals surface area contributed by atoms with Crippen LogP contribution in [0.25, 0.3) is 0 Å². The normalized spacial score (nSPS) is 22.1. The third kappa shape index (κ3) is 4.40. The van der Waals surface area contributed by atoms with Crippen LogP contribution in [-0.4, -0.2) is 75.1 Å². The van der Waals surface area contributed by atoms with Gasteiger partial charge in [0.1, 0.15) is 5.82 Å². The average Bonchev–Trinajstić information content (AvgIpc) is 3.03. The first kappa shape index (κ1) is 19.6. The van der Waals surface area contributed by atoms with Gasteiger partial charge in [-0.2, -0.15) is 5.10 Å². The first-order valence-electron chi connectivity index (χ1n) is 9.97. The molecule has 150 valence electrons. The van der Waals surface area contributed by atoms with E-state index in [1.54, 1.807) is 4.57 Å². The second-order valence-corrected chi connectivity index (χ2v) is 7.36. The fourth-order valence-corrected chi connectivity index (χ4v) is 4.13. The second kappa shape index (κ2) is 8.69. The van der Waals surface area contributed by atoms with E-state index in [0.717, 1.165) is 38.2 Å². The predicted molar refractivity (Wildman–Crippen MR) is 100 cm³/mol. The van der Waals surface area contributed by atoms with Gasteiger partial charge in [-0.15, -0.1) is 0 Å². The summed E-state index contributed by atoms with van der Waals surface area (Å²) in [5.74, 6) is 1.23. The summed E-state index contributed by atoms with van der Waals surface area (Å²) in [7, 11) is 0. The molecule has 0 unspecified atom stereocenters. The van der Waals surface area contributed by atoms with Crippen molar-refractivity contribution in [2.24, 2.45) is 5.92 Å². The number of aromatic amines is 1. The maximum absolute atomic E-state index is 12.7. The molecule has 0 radical (unpaired) electrons. The van der Waals surface area contributed by atoms with E-state index in [9.17, 15) is 14.4 Å². The number of likely N-dealkylation sites (N-methyl/N-ethyl adjacent to an activating group) is 1. The highest BCUT2D eigenvalue weighted by Gasteiger charge is 2.33. The number of carbonyl (C=O) groups is 2. The monoisotopic (exact) mass is 378 g/mol. The molecule has 3 heterocycles. The Morgan fingerprint density at radius 1 is 1.15 bits per heavy atom. The second-order valence-electron chi connectivity index (χ2n) is 7.36. The van der Waals surface area contributed by atoms with Gasteiger partial charge >= 0.3 is 5.69 Å². The molecule has 2 N–H and O–H groups in total. The lowest BCUT2D eigenvalue weighted by Gasteiger charge is -2.36. The van der Waals surface area contributed by atoms with Crippen molar-refractivity contribution in [3.8, 4) is 0 Å². The number of aromatic nitrogens is 3. The fourth-order valence-electron chi connectivity index (χ4n) is 4.13. The van der Waals surface area contributed by atoms with Gasteiger partial charge in [-0.1, -0.05) is 6.92 Å². The number of carbonyl (C=O) groups excluding carboxylic acids is 2. The van der Waals surface area contributed by atoms with Crippen LogP contribution in [0.1, 0.15) is 38.9 Å². The number of nitrogens with one attached hydrogen (secondary N) is 2. The zero-order chi connectivity index (χ0) is 19.4. The van der Waals surface area contributed by atoms with Crippen LogP contribution in [0, 0.1) is 5.92 Å². The molecule has 2 amide bonds. The summed E-state index contributed by atoms with van der Waals surface area (Å²) in [5, 5.41) is 9.51. The van der Waals surface area contributed by atoms with Crippen LogP contribution >= 0.6 is 0 Å². The van der Waals surface area contributed by atoms with Crippen molar-refractivity contribution in [1.82, 2.24) is 29.9 Å². The molecule has 3 rings (SSSR count). The van der Waals surface area contributed by atoms with Crippen molar-refractivity contribution in [2.45, 2.75) is 52.1 Å². The van der Waals surface area contributed by atoms with Gasteiger partial charge in [-0.3, -0.25) is 19.1 Å². The Hall–Kier alpha value is -2.16. The molecule has 0 saturated carbocycles. The molecule has 27 heavy (non-hydrogen) atoms. The first-order chi connectivity index (χ1) is 13.0. The summed E-state index contributed by atoms with van der Waals surface area (Å²) >= 11 is 0. The standard InChI is InChI=1S/C18H30N6O3/c1-3-22-10-7-19-17(26)14(22)12-16(25)23-8-5-13(6-9-23)11-15-20-21-18(27)24(15)4-2/h13-14H,3-12H2,1-2H3,(H,19,26)(H,21,27)/t14-/m0/s1. The van der Waals surface area contributed by atoms with Gasteiger partial charge in [0, 0.05) is 39.1 Å². The van der Waals surface area contributed by atoms with Gasteiger partial charge in [-0.05, 0) is 32.2 Å². The van der Waals surface area contributed by atoms with Crippen molar-refractivity contribution in [3.63, 3.8) is 0 Å². The van der Waals surface area contributed by atoms with E-state index in [2.05, 4.69) is 20.4 Å². The van der Waals surface area contributed by atoms with Crippen LogP contribution < -0.4 is 11.0 Å². The molecule has 9 heteroatoms. The van der Waals surface area contributed by atoms with Crippen LogP contribution in [0.2, 0.25) is 0 Å². The third-order valence-electron chi connectivity index (χ3n) is 5.81. The molecule has 2 saturated heterocycles. The number of piperazine rings is 1. The highest BCUT2D eigenvalue weighted by atomic mass is 16.2. The van der Waals surface area contributed by atoms with E-state index in [1.807, 2.05) is 18.7 Å². The summed E-state index contributed by atoms with van der Waals surface area (Å²) < 4.78 is 1.67. The minimum Gasteiger partial charge on any atom is -0.353 e. The molecular formula is C18H30N6O3. The topological polar surface area (TPSA) is 103 Å². The molecule has 9 nitrogen and oxygen atoms in total. The number of rotatable bonds is 6. The van der Waals surface area contributed by atoms with E-state index in [0.29, 0.717) is 32.1 Å². The zero-order valence-corrected chi connectivity index (χ0v) is 16.2. The lowest BCUT2D eigenvalue weighted by molar-refractivity contribution is -0.139. The molecule has 2 aliphatic rings. The molecule has 1 aromatic heterocycles. The molecule has 1 aromatic rings. The molecule has 0 aliphatic carbocycles. The number of hydrogen-bond acceptors (Lipinski definition) is 5. The van der Waals surface area contributed by atoms with Crippen LogP contribution in [0.15, 0.2) is 4.79 Å². The van der Waals surface area contributed by atoms with E-state index in [1.165, 1.54) is 0 Å². The SMILES string of the molecule is CCN1CCNC(=O)[C@@H]1CC(=O)N1CCC(Cc2n[nH]c(=O)n2CC)CC1. The van der Waals surface area contributed by atoms with Crippen molar-refractivity contribution in [2.75, 3.05) is 32.7 Å². The molecule has 0 aromatic carbocycles. The molecular weight excluding hydrogens is 348 g/mol. The highest BCUT2D eigenvalue weighted by molar-refractivity contribution is 5.88. The Labute approximate surface area is 159 Å². The van der Waals surface area contributed by atoms with E-state index < -0.39 is 0 Å². The van der Waals surface area contributed by atoms with E-state index in [-0.39, 0.29) is 30.0 Å². The number of amides is 2. The fraction of sp³-hybridized carbons (Fsp3) is 0.778. The summed E-state index contributed by atoms with van der Waals surface area (Å²) in [6.07, 6.45) is 2.79. The number of nitrogens with zero attached hydrogens (tertiary/aromatic N) is 4. The van der Waals surface area contributed by atoms with Crippen molar-refractivity contribution in [1.29, 1.82) is 0 Å². The summed E-state index contributed by atoms with van der Waals surface area (Å²) in [6.45, 7) is 8.18. The minimum atomic E-state index is -0.350. The maximum Gasteiger partial charge on any atom is 0.343 e. The van der Waals surface area contributed by atoms with E-state index >= 15 is 0 Å². The minimum absolute atomic E-state index is 0.0394. The zero-order valence-electron chi connectivity index (χ0n) is 16.2. The van der Waals surface area contributed by atoms with Crippen LogP contribution in [0.3, 0.4) is 0 Å². The lowest BCUT2D eigenvalue weighted by atomic mass is 9.92. The van der Waals surface area contributed by atoms with Gasteiger partial charge in [0.25, 0.3) is 0 Å². The number of piperidine rings is 1. The number of hydrogen-bond donors (Lipinski definition) is 2. The van der Waals surface area contributed by atoms with Gasteiger partial charge < -0.3 is 10.2 Å². The Bertz CT molecular complexity index is 719. The quantitative estimate of drug-likeness (QED) is 0.700. The Morgan fingerprint density at radius 2 is 1.89 bits per heavy atom. The van der Waals surface area contributed by atoms with Gasteiger partial charge in [-0.25, -0.2) is 9.89 Å². The van der Waals surface area contributed by atoms with Crippen LogP contribution in [0.5, 0.6) is 0 Å². The summed E-state index contributed by atoms with van der Waals surface area (Å²) in [4.78, 5) is 40.5. The average molecular weight is 378 g/mol. The Morgan fingerprint density at radius 3 is 2.56 bits per heavy atom. The lowest BCUT2D eigenvalue weighted by Crippen LogP contribution is -2.56. The Kier molecular flexibility index (Phi) is 6.30. The van der Waals surface area contributed by atoms with Crippen LogP contribution in [-0.2, 0) is 22.6 Å².